The Morgan fingerprint density at radius 2 is 1.91 bits per heavy atom. The van der Waals surface area contributed by atoms with Crippen molar-refractivity contribution in [2.75, 3.05) is 5.32 Å². The number of hydrogen-bond acceptors (Lipinski definition) is 4. The van der Waals surface area contributed by atoms with Gasteiger partial charge in [-0.1, -0.05) is 59.8 Å². The fraction of sp³-hybridized carbons (Fsp3) is 0.261. The first-order valence-electron chi connectivity index (χ1n) is 9.90. The maximum absolute atomic E-state index is 13.6. The standard InChI is InChI=1S/C23H20F3N3O2S/c1-13-6-5-7-14(10-13)12-32-22-28-21(31)19-16(11-18(30)27-20(19)29(22)2)15-8-3-4-9-17(15)23(24,25)26/h3-10,16H,11-12H2,1-2H3,(H,27,30). The summed E-state index contributed by atoms with van der Waals surface area (Å²) in [6, 6.07) is 12.9. The van der Waals surface area contributed by atoms with E-state index in [-0.39, 0.29) is 23.4 Å². The number of fused-ring (bicyclic) bond motifs is 1. The molecule has 0 saturated heterocycles. The second-order valence-electron chi connectivity index (χ2n) is 7.69. The van der Waals surface area contributed by atoms with Crippen LogP contribution in [0.1, 0.15) is 40.2 Å². The number of amides is 1. The van der Waals surface area contributed by atoms with Crippen molar-refractivity contribution in [1.82, 2.24) is 9.55 Å². The molecule has 4 rings (SSSR count). The number of halogens is 3. The van der Waals surface area contributed by atoms with Crippen LogP contribution in [0.25, 0.3) is 0 Å². The van der Waals surface area contributed by atoms with Gasteiger partial charge in [-0.2, -0.15) is 18.2 Å². The average molecular weight is 459 g/mol. The van der Waals surface area contributed by atoms with E-state index in [2.05, 4.69) is 10.3 Å². The van der Waals surface area contributed by atoms with Gasteiger partial charge in [0, 0.05) is 25.1 Å². The number of alkyl halides is 3. The molecule has 1 aromatic heterocycles. The highest BCUT2D eigenvalue weighted by atomic mass is 32.2. The summed E-state index contributed by atoms with van der Waals surface area (Å²) in [5.41, 5.74) is 0.633. The van der Waals surface area contributed by atoms with Crippen LogP contribution in [0, 0.1) is 6.92 Å². The van der Waals surface area contributed by atoms with Gasteiger partial charge in [0.1, 0.15) is 5.82 Å². The van der Waals surface area contributed by atoms with Gasteiger partial charge in [-0.15, -0.1) is 0 Å². The molecular weight excluding hydrogens is 439 g/mol. The van der Waals surface area contributed by atoms with Gasteiger partial charge >= 0.3 is 6.18 Å². The number of nitrogens with one attached hydrogen (secondary N) is 1. The summed E-state index contributed by atoms with van der Waals surface area (Å²) in [6.07, 6.45) is -4.86. The molecule has 0 radical (unpaired) electrons. The summed E-state index contributed by atoms with van der Waals surface area (Å²) >= 11 is 1.32. The SMILES string of the molecule is Cc1cccc(CSc2nc(=O)c3c(n2C)NC(=O)CC3c2ccccc2C(F)(F)F)c1. The Kier molecular flexibility index (Phi) is 5.85. The summed E-state index contributed by atoms with van der Waals surface area (Å²) in [5, 5.41) is 3.04. The molecule has 1 aliphatic rings. The minimum Gasteiger partial charge on any atom is -0.312 e. The second-order valence-corrected chi connectivity index (χ2v) is 8.63. The highest BCUT2D eigenvalue weighted by Crippen LogP contribution is 2.41. The monoisotopic (exact) mass is 459 g/mol. The molecule has 0 aliphatic carbocycles. The Bertz CT molecular complexity index is 1250. The summed E-state index contributed by atoms with van der Waals surface area (Å²) in [7, 11) is 1.64. The fourth-order valence-corrected chi connectivity index (χ4v) is 4.85. The normalized spacial score (nSPS) is 15.9. The molecule has 2 heterocycles. The van der Waals surface area contributed by atoms with Crippen LogP contribution in [0.3, 0.4) is 0 Å². The maximum Gasteiger partial charge on any atom is 0.416 e. The lowest BCUT2D eigenvalue weighted by Crippen LogP contribution is -2.34. The van der Waals surface area contributed by atoms with E-state index in [0.717, 1.165) is 17.2 Å². The van der Waals surface area contributed by atoms with Gasteiger partial charge in [0.25, 0.3) is 5.56 Å². The molecule has 32 heavy (non-hydrogen) atoms. The van der Waals surface area contributed by atoms with Crippen LogP contribution in [-0.4, -0.2) is 15.5 Å². The van der Waals surface area contributed by atoms with E-state index in [0.29, 0.717) is 10.9 Å². The molecule has 3 aromatic rings. The highest BCUT2D eigenvalue weighted by Gasteiger charge is 2.39. The number of carbonyl (C=O) groups is 1. The van der Waals surface area contributed by atoms with Crippen molar-refractivity contribution >= 4 is 23.5 Å². The molecule has 1 atom stereocenters. The van der Waals surface area contributed by atoms with E-state index in [4.69, 9.17) is 0 Å². The van der Waals surface area contributed by atoms with Gasteiger partial charge in [0.2, 0.25) is 5.91 Å². The van der Waals surface area contributed by atoms with Crippen molar-refractivity contribution in [1.29, 1.82) is 0 Å². The maximum atomic E-state index is 13.6. The fourth-order valence-electron chi connectivity index (χ4n) is 3.94. The summed E-state index contributed by atoms with van der Waals surface area (Å²) in [4.78, 5) is 29.6. The third-order valence-electron chi connectivity index (χ3n) is 5.39. The lowest BCUT2D eigenvalue weighted by atomic mass is 9.84. The molecular formula is C23H20F3N3O2S. The first-order valence-corrected chi connectivity index (χ1v) is 10.9. The Balaban J connectivity index is 1.77. The number of nitrogens with zero attached hydrogens (tertiary/aromatic N) is 2. The Hall–Kier alpha value is -3.07. The summed E-state index contributed by atoms with van der Waals surface area (Å²) < 4.78 is 42.4. The zero-order valence-corrected chi connectivity index (χ0v) is 18.2. The first kappa shape index (κ1) is 22.1. The van der Waals surface area contributed by atoms with Gasteiger partial charge in [-0.3, -0.25) is 9.59 Å². The molecule has 166 valence electrons. The van der Waals surface area contributed by atoms with Crippen molar-refractivity contribution in [3.63, 3.8) is 0 Å². The smallest absolute Gasteiger partial charge is 0.312 e. The van der Waals surface area contributed by atoms with Crippen molar-refractivity contribution in [2.24, 2.45) is 7.05 Å². The van der Waals surface area contributed by atoms with Gasteiger partial charge in [0.15, 0.2) is 5.16 Å². The third kappa shape index (κ3) is 4.29. The number of benzene rings is 2. The topological polar surface area (TPSA) is 64.0 Å². The number of thioether (sulfide) groups is 1. The van der Waals surface area contributed by atoms with E-state index < -0.39 is 29.1 Å². The van der Waals surface area contributed by atoms with Crippen LogP contribution in [0.4, 0.5) is 19.0 Å². The minimum absolute atomic E-state index is 0.0729. The number of carbonyl (C=O) groups excluding carboxylic acids is 1. The number of rotatable bonds is 4. The van der Waals surface area contributed by atoms with E-state index in [1.807, 2.05) is 31.2 Å². The molecule has 1 aliphatic heterocycles. The second kappa shape index (κ2) is 8.46. The van der Waals surface area contributed by atoms with Crippen LogP contribution in [0.2, 0.25) is 0 Å². The van der Waals surface area contributed by atoms with Gasteiger partial charge in [0.05, 0.1) is 11.1 Å². The van der Waals surface area contributed by atoms with E-state index in [1.165, 1.54) is 30.0 Å². The third-order valence-corrected chi connectivity index (χ3v) is 6.49. The zero-order chi connectivity index (χ0) is 23.0. The zero-order valence-electron chi connectivity index (χ0n) is 17.4. The molecule has 0 spiro atoms. The Morgan fingerprint density at radius 3 is 2.62 bits per heavy atom. The lowest BCUT2D eigenvalue weighted by Gasteiger charge is -2.29. The lowest BCUT2D eigenvalue weighted by molar-refractivity contribution is -0.138. The van der Waals surface area contributed by atoms with Crippen LogP contribution < -0.4 is 10.9 Å². The molecule has 5 nitrogen and oxygen atoms in total. The minimum atomic E-state index is -4.60. The predicted octanol–water partition coefficient (Wildman–Crippen LogP) is 4.87. The van der Waals surface area contributed by atoms with Crippen molar-refractivity contribution in [3.8, 4) is 0 Å². The molecule has 9 heteroatoms. The van der Waals surface area contributed by atoms with Crippen molar-refractivity contribution in [2.45, 2.75) is 36.3 Å². The predicted molar refractivity (Wildman–Crippen MR) is 117 cm³/mol. The number of anilines is 1. The van der Waals surface area contributed by atoms with Crippen LogP contribution >= 0.6 is 11.8 Å². The molecule has 1 unspecified atom stereocenters. The molecule has 0 bridgehead atoms. The van der Waals surface area contributed by atoms with Crippen LogP contribution in [0.5, 0.6) is 0 Å². The van der Waals surface area contributed by atoms with E-state index in [9.17, 15) is 22.8 Å². The molecule has 0 fully saturated rings. The first-order chi connectivity index (χ1) is 15.1. The van der Waals surface area contributed by atoms with Gasteiger partial charge in [-0.25, -0.2) is 0 Å². The number of aromatic nitrogens is 2. The van der Waals surface area contributed by atoms with Crippen LogP contribution in [-0.2, 0) is 23.8 Å². The molecule has 0 saturated carbocycles. The molecule has 1 amide bonds. The Morgan fingerprint density at radius 1 is 1.16 bits per heavy atom. The summed E-state index contributed by atoms with van der Waals surface area (Å²) in [6.45, 7) is 1.98. The summed E-state index contributed by atoms with van der Waals surface area (Å²) in [5.74, 6) is -0.737. The largest absolute Gasteiger partial charge is 0.416 e. The van der Waals surface area contributed by atoms with Gasteiger partial charge in [-0.05, 0) is 24.1 Å². The quantitative estimate of drug-likeness (QED) is 0.447. The molecule has 1 N–H and O–H groups in total. The van der Waals surface area contributed by atoms with Crippen LogP contribution in [0.15, 0.2) is 58.5 Å². The van der Waals surface area contributed by atoms with E-state index in [1.54, 1.807) is 11.6 Å². The van der Waals surface area contributed by atoms with E-state index >= 15 is 0 Å². The number of hydrogen-bond donors (Lipinski definition) is 1. The average Bonchev–Trinajstić information content (AvgIpc) is 2.74. The van der Waals surface area contributed by atoms with Gasteiger partial charge < -0.3 is 9.88 Å². The van der Waals surface area contributed by atoms with Crippen molar-refractivity contribution in [3.05, 3.63) is 86.7 Å². The molecule has 2 aromatic carbocycles. The highest BCUT2D eigenvalue weighted by molar-refractivity contribution is 7.98. The van der Waals surface area contributed by atoms with Crippen molar-refractivity contribution < 1.29 is 18.0 Å². The number of aryl methyl sites for hydroxylation is 1. The Labute approximate surface area is 186 Å².